The number of imidazole rings is 4. The lowest BCUT2D eigenvalue weighted by Gasteiger charge is -2.26. The number of phosphoric ester groups is 6. The first kappa shape index (κ1) is 100. The second kappa shape index (κ2) is 39.7. The van der Waals surface area contributed by atoms with Gasteiger partial charge in [-0.2, -0.15) is 29.9 Å². The van der Waals surface area contributed by atoms with Gasteiger partial charge in [0.1, 0.15) is 146 Å². The van der Waals surface area contributed by atoms with E-state index in [-0.39, 0.29) is 98.6 Å². The molecule has 7 fully saturated rings. The highest BCUT2D eigenvalue weighted by molar-refractivity contribution is 7.48. The molecule has 11 aromatic heterocycles. The number of H-pyrrole nitrogens is 3. The van der Waals surface area contributed by atoms with Gasteiger partial charge in [0, 0.05) is 69.6 Å². The van der Waals surface area contributed by atoms with Crippen LogP contribution >= 0.6 is 46.9 Å². The fraction of sp³-hybridized carbons (Fsp3) is 0.522. The quantitative estimate of drug-likeness (QED) is 0.0166. The number of fused-ring (bicyclic) bond motifs is 4. The first-order valence-corrected chi connectivity index (χ1v) is 50.8. The van der Waals surface area contributed by atoms with E-state index in [0.717, 1.165) is 45.1 Å². The topological polar surface area (TPSA) is 967 Å². The SMILES string of the molecule is Nc1ccn([C@H]2C[C@H](OP(=O)(O)OC[C@H]3O[C@@H](n4cnc5c(=O)[nH]c(N)nc54)C[C@@H]3OP(=O)(O)OC[C@H]3O[C@@H](n4ccc(N)nc4=O)C[C@@H]3OP(=O)(O)OC[C@H]3O[C@@H](n4cnc5c(N)ncnc54)C[C@@H]3OP(=O)(O)OC[C@H]3O[C@@H](n4ccc(N)nc4=O)C[C@@H]3OP(=O)(O)OC[C@H]3O[C@@H](n4cnc5c(=O)[nH]c(N)nc54)C[C@@H]3OP(=O)(O)OC[C@H]3O[C@@H](n4cnc5c(=O)[nH]c(N)nc54)C[C@@H]3N)[C@@H](CO)O2)c(=O)n1. The molecule has 0 bridgehead atoms. The minimum Gasteiger partial charge on any atom is -0.394 e. The van der Waals surface area contributed by atoms with Crippen LogP contribution in [-0.2, 0) is 115 Å². The average Bonchev–Trinajstić information content (AvgIpc) is 1.65. The highest BCUT2D eigenvalue weighted by Crippen LogP contribution is 2.58. The number of hydrogen-bond acceptors (Lipinski definition) is 52. The molecule has 0 saturated carbocycles. The van der Waals surface area contributed by atoms with Gasteiger partial charge >= 0.3 is 64.0 Å². The number of aliphatic hydroxyl groups excluding tert-OH is 1. The van der Waals surface area contributed by atoms with Crippen LogP contribution in [0, 0.1) is 0 Å². The number of nitrogens with one attached hydrogen (secondary N) is 3. The van der Waals surface area contributed by atoms with E-state index >= 15 is 0 Å². The van der Waals surface area contributed by atoms with Crippen LogP contribution in [0.15, 0.2) is 97.2 Å². The number of nitrogens with two attached hydrogens (primary N) is 8. The Bertz CT molecular complexity index is 7270. The maximum Gasteiger partial charge on any atom is 0.472 e. The van der Waals surface area contributed by atoms with Gasteiger partial charge in [0.05, 0.1) is 77.7 Å². The number of nitrogens with zero attached hydrogens (tertiary/aromatic N) is 19. The van der Waals surface area contributed by atoms with Gasteiger partial charge in [-0.05, 0) is 18.2 Å². The lowest BCUT2D eigenvalue weighted by Crippen LogP contribution is -2.34. The molecule has 7 aliphatic rings. The summed E-state index contributed by atoms with van der Waals surface area (Å²) in [5.41, 5.74) is 41.3. The molecule has 0 aromatic carbocycles. The standard InChI is InChI=1S/C67H86N30O38P6/c68-26-7-43(95-23-79-51-56(95)85-62(73)88-59(51)99)124-34(26)15-117-136(105,106)133-31-12-48(96-24-80-52-57(96)86-63(74)89-60(52)100)129-39(31)20-122-139(111,112)132-29-10-46(93-6-3-42(71)84-67(93)104)125-35(29)16-119-140(113,114)134-30-11-47(94-22-78-50-54(72)76-21-77-55(50)94)127-37(30)18-121-138(109,110)131-28-9-45(92-5-2-41(70)83-66(92)103)126-36(28)17-120-141(115,116)135-32-13-49(97-25-81-53-58(97)87-64(75)90-61(53)101)128-38(32)19-118-137(107,108)130-27-8-44(123-33(27)14-98)91-4-1-40(69)82-65(91)102/h1-6,21-39,43-49,98H,7-20,68H2,(H,105,106)(H,107,108)(H,109,110)(H,111,112)(H,113,114)(H,115,116)(H2,69,82,102)(H2,70,83,103)(H2,71,84,104)(H2,72,76,77)(H3,73,85,88,99)(H3,74,86,89,100)(H3,75,87,90,101)/t26-,27-,28-,29-,30-,31-,32-,33+,34+,35+,36+,37+,38+,39+,43+,44+,45+,46+,47+,48+,49+/m0/s1. The number of phosphoric acid groups is 6. The molecular formula is C67H86N30O38P6. The highest BCUT2D eigenvalue weighted by atomic mass is 31.2. The molecule has 0 spiro atoms. The Morgan fingerprint density at radius 1 is 0.326 bits per heavy atom. The smallest absolute Gasteiger partial charge is 0.394 e. The molecule has 68 nitrogen and oxygen atoms in total. The molecule has 18 rings (SSSR count). The second-order valence-electron chi connectivity index (χ2n) is 32.4. The van der Waals surface area contributed by atoms with Crippen LogP contribution in [0.1, 0.15) is 88.5 Å². The summed E-state index contributed by atoms with van der Waals surface area (Å²) < 4.78 is 203. The Morgan fingerprint density at radius 3 is 0.865 bits per heavy atom. The fourth-order valence-corrected chi connectivity index (χ4v) is 22.3. The van der Waals surface area contributed by atoms with Crippen molar-refractivity contribution in [2.75, 3.05) is 86.4 Å². The number of hydrogen-bond donors (Lipinski definition) is 18. The van der Waals surface area contributed by atoms with E-state index in [1.54, 1.807) is 0 Å². The molecule has 141 heavy (non-hydrogen) atoms. The number of aromatic amines is 3. The molecular weight excluding hydrogens is 2020 g/mol. The summed E-state index contributed by atoms with van der Waals surface area (Å²) in [4.78, 5) is 202. The second-order valence-corrected chi connectivity index (χ2v) is 40.8. The summed E-state index contributed by atoms with van der Waals surface area (Å²) in [5.74, 6) is -1.72. The average molecular weight is 2110 g/mol. The van der Waals surface area contributed by atoms with Crippen LogP contribution in [0.3, 0.4) is 0 Å². The maximum absolute atomic E-state index is 14.6. The summed E-state index contributed by atoms with van der Waals surface area (Å²) in [5, 5.41) is 10.2. The lowest BCUT2D eigenvalue weighted by atomic mass is 10.1. The van der Waals surface area contributed by atoms with Crippen molar-refractivity contribution in [3.05, 3.63) is 131 Å². The number of ether oxygens (including phenoxy) is 7. The Balaban J connectivity index is 0.552. The lowest BCUT2D eigenvalue weighted by molar-refractivity contribution is -0.0649. The minimum atomic E-state index is -5.68. The van der Waals surface area contributed by atoms with Gasteiger partial charge in [0.2, 0.25) is 17.8 Å². The van der Waals surface area contributed by atoms with Gasteiger partial charge in [0.15, 0.2) is 45.0 Å². The summed E-state index contributed by atoms with van der Waals surface area (Å²) in [6.07, 6.45) is -24.5. The minimum absolute atomic E-state index is 0.0167. The summed E-state index contributed by atoms with van der Waals surface area (Å²) in [6.45, 7) is -7.03. The van der Waals surface area contributed by atoms with Gasteiger partial charge in [-0.25, -0.2) is 71.7 Å². The fourth-order valence-electron chi connectivity index (χ4n) is 16.6. The van der Waals surface area contributed by atoms with Crippen molar-refractivity contribution in [2.24, 2.45) is 5.73 Å². The molecule has 7 aliphatic heterocycles. The third kappa shape index (κ3) is 22.3. The zero-order valence-electron chi connectivity index (χ0n) is 72.0. The van der Waals surface area contributed by atoms with E-state index in [1.165, 1.54) is 55.3 Å². The predicted molar refractivity (Wildman–Crippen MR) is 465 cm³/mol. The number of rotatable bonds is 38. The van der Waals surface area contributed by atoms with Crippen LogP contribution in [-0.4, -0.2) is 273 Å². The summed E-state index contributed by atoms with van der Waals surface area (Å²) in [7, 11) is -33.2. The van der Waals surface area contributed by atoms with E-state index < -0.39 is 288 Å². The van der Waals surface area contributed by atoms with E-state index in [9.17, 15) is 90.6 Å². The van der Waals surface area contributed by atoms with Gasteiger partial charge in [0.25, 0.3) is 16.7 Å². The van der Waals surface area contributed by atoms with Crippen LogP contribution in [0.4, 0.5) is 41.1 Å². The van der Waals surface area contributed by atoms with Crippen LogP contribution in [0.25, 0.3) is 44.7 Å². The van der Waals surface area contributed by atoms with Crippen molar-refractivity contribution >= 4 is 133 Å². The molecule has 27 atom stereocenters. The Kier molecular flexibility index (Phi) is 28.2. The molecule has 0 radical (unpaired) electrons. The third-order valence-corrected chi connectivity index (χ3v) is 29.1. The van der Waals surface area contributed by atoms with E-state index in [2.05, 4.69) is 74.8 Å². The van der Waals surface area contributed by atoms with Gasteiger partial charge < -0.3 is 113 Å². The molecule has 0 amide bonds. The van der Waals surface area contributed by atoms with Gasteiger partial charge in [-0.15, -0.1) is 0 Å². The first-order chi connectivity index (χ1) is 66.8. The summed E-state index contributed by atoms with van der Waals surface area (Å²) >= 11 is 0. The van der Waals surface area contributed by atoms with Crippen molar-refractivity contribution in [3.8, 4) is 0 Å². The summed E-state index contributed by atoms with van der Waals surface area (Å²) in [6, 6.07) is 2.74. The number of anilines is 7. The van der Waals surface area contributed by atoms with Crippen molar-refractivity contribution < 1.29 is 149 Å². The third-order valence-electron chi connectivity index (χ3n) is 23.0. The first-order valence-electron chi connectivity index (χ1n) is 41.9. The molecule has 11 aromatic rings. The van der Waals surface area contributed by atoms with E-state index in [0.29, 0.717) is 0 Å². The van der Waals surface area contributed by atoms with Crippen molar-refractivity contribution in [1.29, 1.82) is 0 Å². The molecule has 74 heteroatoms. The van der Waals surface area contributed by atoms with Crippen LogP contribution in [0.5, 0.6) is 0 Å². The Hall–Kier alpha value is -10.9. The monoisotopic (exact) mass is 2100 g/mol. The van der Waals surface area contributed by atoms with Crippen molar-refractivity contribution in [1.82, 2.24) is 107 Å². The van der Waals surface area contributed by atoms with Gasteiger partial charge in [-0.3, -0.25) is 116 Å². The number of nitrogen functional groups attached to an aromatic ring is 7. The number of aromatic nitrogens is 22. The van der Waals surface area contributed by atoms with Gasteiger partial charge in [-0.1, -0.05) is 0 Å². The van der Waals surface area contributed by atoms with E-state index in [4.69, 9.17) is 133 Å². The molecule has 6 unspecified atom stereocenters. The predicted octanol–water partition coefficient (Wildman–Crippen LogP) is -3.58. The molecule has 26 N–H and O–H groups in total. The van der Waals surface area contributed by atoms with Crippen LogP contribution < -0.4 is 79.6 Å². The van der Waals surface area contributed by atoms with Crippen molar-refractivity contribution in [3.63, 3.8) is 0 Å². The maximum atomic E-state index is 14.6. The zero-order chi connectivity index (χ0) is 100. The highest BCUT2D eigenvalue weighted by Gasteiger charge is 2.53. The molecule has 18 heterocycles. The Labute approximate surface area is 782 Å². The molecule has 0 aliphatic carbocycles. The Morgan fingerprint density at radius 2 is 0.574 bits per heavy atom. The van der Waals surface area contributed by atoms with Crippen molar-refractivity contribution in [2.45, 2.75) is 174 Å². The van der Waals surface area contributed by atoms with E-state index in [1.807, 2.05) is 0 Å². The molecule has 7 saturated heterocycles. The largest absolute Gasteiger partial charge is 0.472 e. The van der Waals surface area contributed by atoms with Crippen LogP contribution in [0.2, 0.25) is 0 Å². The molecule has 762 valence electrons. The normalized spacial score (nSPS) is 29.7. The number of aliphatic hydroxyl groups is 1. The zero-order valence-corrected chi connectivity index (χ0v) is 77.3.